The molecule has 0 amide bonds. The number of hydrogen-bond donors (Lipinski definition) is 0. The third-order valence-electron chi connectivity index (χ3n) is 2.55. The van der Waals surface area contributed by atoms with Crippen LogP contribution in [0.25, 0.3) is 0 Å². The fourth-order valence-corrected chi connectivity index (χ4v) is 3.16. The normalized spacial score (nSPS) is 11.6. The van der Waals surface area contributed by atoms with Crippen molar-refractivity contribution in [2.45, 2.75) is 12.6 Å². The van der Waals surface area contributed by atoms with Gasteiger partial charge in [0.1, 0.15) is 0 Å². The molecule has 2 rings (SSSR count). The highest BCUT2D eigenvalue weighted by atomic mass is 79.9. The maximum Gasteiger partial charge on any atom is 0.417 e. The maximum absolute atomic E-state index is 12.8. The topological polar surface area (TPSA) is 17.1 Å². The highest BCUT2D eigenvalue weighted by molar-refractivity contribution is 9.10. The Morgan fingerprint density at radius 2 is 1.89 bits per heavy atom. The Balaban J connectivity index is 2.32. The molecule has 0 aliphatic heterocycles. The first-order chi connectivity index (χ1) is 8.89. The number of alkyl halides is 3. The number of hydrogen-bond acceptors (Lipinski definition) is 2. The molecular formula is C13H8BrF3OS. The van der Waals surface area contributed by atoms with Crippen LogP contribution in [0.5, 0.6) is 0 Å². The summed E-state index contributed by atoms with van der Waals surface area (Å²) in [6.07, 6.45) is -4.55. The van der Waals surface area contributed by atoms with Crippen molar-refractivity contribution in [1.29, 1.82) is 0 Å². The van der Waals surface area contributed by atoms with E-state index in [1.165, 1.54) is 29.5 Å². The summed E-state index contributed by atoms with van der Waals surface area (Å²) in [4.78, 5) is 12.7. The van der Waals surface area contributed by atoms with Crippen LogP contribution < -0.4 is 0 Å². The number of Topliss-reactive ketones (excluding diaryl/α,β-unsaturated/α-hetero) is 1. The van der Waals surface area contributed by atoms with Gasteiger partial charge in [0, 0.05) is 21.3 Å². The van der Waals surface area contributed by atoms with E-state index >= 15 is 0 Å². The number of rotatable bonds is 3. The van der Waals surface area contributed by atoms with Crippen molar-refractivity contribution in [2.24, 2.45) is 0 Å². The number of carbonyl (C=O) groups is 1. The molecule has 19 heavy (non-hydrogen) atoms. The SMILES string of the molecule is O=C(Cc1sccc1Br)c1ccccc1C(F)(F)F. The number of carbonyl (C=O) groups excluding carboxylic acids is 1. The minimum absolute atomic E-state index is 0.0364. The fraction of sp³-hybridized carbons (Fsp3) is 0.154. The lowest BCUT2D eigenvalue weighted by Gasteiger charge is -2.11. The van der Waals surface area contributed by atoms with E-state index in [0.717, 1.165) is 15.4 Å². The quantitative estimate of drug-likeness (QED) is 0.717. The van der Waals surface area contributed by atoms with Gasteiger partial charge in [0.25, 0.3) is 0 Å². The molecule has 2 aromatic rings. The lowest BCUT2D eigenvalue weighted by atomic mass is 10.0. The van der Waals surface area contributed by atoms with Crippen molar-refractivity contribution in [3.63, 3.8) is 0 Å². The predicted octanol–water partition coefficient (Wildman–Crippen LogP) is 4.95. The molecule has 0 aliphatic carbocycles. The molecule has 0 saturated heterocycles. The van der Waals surface area contributed by atoms with E-state index in [2.05, 4.69) is 15.9 Å². The number of halogens is 4. The Bertz CT molecular complexity index is 604. The van der Waals surface area contributed by atoms with Crippen molar-refractivity contribution in [3.05, 3.63) is 56.2 Å². The smallest absolute Gasteiger partial charge is 0.294 e. The van der Waals surface area contributed by atoms with Crippen LogP contribution in [-0.4, -0.2) is 5.78 Å². The average molecular weight is 349 g/mol. The van der Waals surface area contributed by atoms with Gasteiger partial charge in [-0.3, -0.25) is 4.79 Å². The summed E-state index contributed by atoms with van der Waals surface area (Å²) < 4.78 is 39.2. The summed E-state index contributed by atoms with van der Waals surface area (Å²) in [5.41, 5.74) is -1.16. The van der Waals surface area contributed by atoms with Gasteiger partial charge in [-0.05, 0) is 33.4 Å². The van der Waals surface area contributed by atoms with Gasteiger partial charge in [-0.1, -0.05) is 18.2 Å². The monoisotopic (exact) mass is 348 g/mol. The summed E-state index contributed by atoms with van der Waals surface area (Å²) in [5.74, 6) is -0.531. The molecule has 1 nitrogen and oxygen atoms in total. The van der Waals surface area contributed by atoms with E-state index < -0.39 is 17.5 Å². The molecule has 1 aromatic heterocycles. The molecule has 6 heteroatoms. The number of ketones is 1. The average Bonchev–Trinajstić information content (AvgIpc) is 2.74. The van der Waals surface area contributed by atoms with E-state index in [1.54, 1.807) is 11.4 Å². The van der Waals surface area contributed by atoms with Gasteiger partial charge in [0.2, 0.25) is 0 Å². The largest absolute Gasteiger partial charge is 0.417 e. The zero-order valence-electron chi connectivity index (χ0n) is 9.50. The van der Waals surface area contributed by atoms with Crippen molar-refractivity contribution in [1.82, 2.24) is 0 Å². The molecule has 0 radical (unpaired) electrons. The zero-order valence-corrected chi connectivity index (χ0v) is 11.9. The first-order valence-electron chi connectivity index (χ1n) is 5.31. The first kappa shape index (κ1) is 14.3. The molecule has 0 atom stereocenters. The van der Waals surface area contributed by atoms with E-state index in [0.29, 0.717) is 0 Å². The second-order valence-electron chi connectivity index (χ2n) is 3.84. The maximum atomic E-state index is 12.8. The molecule has 0 unspecified atom stereocenters. The van der Waals surface area contributed by atoms with Gasteiger partial charge < -0.3 is 0 Å². The summed E-state index contributed by atoms with van der Waals surface area (Å²) in [7, 11) is 0. The number of benzene rings is 1. The van der Waals surface area contributed by atoms with Crippen molar-refractivity contribution in [2.75, 3.05) is 0 Å². The molecular weight excluding hydrogens is 341 g/mol. The molecule has 100 valence electrons. The number of thiophene rings is 1. The fourth-order valence-electron chi connectivity index (χ4n) is 1.67. The van der Waals surface area contributed by atoms with Gasteiger partial charge in [0.05, 0.1) is 5.56 Å². The van der Waals surface area contributed by atoms with E-state index in [1.807, 2.05) is 0 Å². The summed E-state index contributed by atoms with van der Waals surface area (Å²) in [5, 5.41) is 1.78. The Hall–Kier alpha value is -1.14. The Morgan fingerprint density at radius 3 is 2.47 bits per heavy atom. The van der Waals surface area contributed by atoms with Crippen LogP contribution in [0.15, 0.2) is 40.2 Å². The van der Waals surface area contributed by atoms with Crippen molar-refractivity contribution >= 4 is 33.0 Å². The molecule has 1 heterocycles. The molecule has 0 fully saturated rings. The molecule has 1 aromatic carbocycles. The summed E-state index contributed by atoms with van der Waals surface area (Å²) in [6.45, 7) is 0. The lowest BCUT2D eigenvalue weighted by molar-refractivity contribution is -0.137. The van der Waals surface area contributed by atoms with E-state index in [4.69, 9.17) is 0 Å². The third-order valence-corrected chi connectivity index (χ3v) is 4.47. The van der Waals surface area contributed by atoms with Crippen LogP contribution >= 0.6 is 27.3 Å². The first-order valence-corrected chi connectivity index (χ1v) is 6.98. The lowest BCUT2D eigenvalue weighted by Crippen LogP contribution is -2.14. The zero-order chi connectivity index (χ0) is 14.0. The molecule has 0 saturated carbocycles. The van der Waals surface area contributed by atoms with Crippen molar-refractivity contribution in [3.8, 4) is 0 Å². The Labute approximate surface area is 120 Å². The van der Waals surface area contributed by atoms with Crippen LogP contribution in [0.4, 0.5) is 13.2 Å². The minimum atomic E-state index is -4.51. The standard InChI is InChI=1S/C13H8BrF3OS/c14-10-5-6-19-12(10)7-11(18)8-3-1-2-4-9(8)13(15,16)17/h1-6H,7H2. The van der Waals surface area contributed by atoms with Gasteiger partial charge in [-0.15, -0.1) is 11.3 Å². The Kier molecular flexibility index (Phi) is 4.10. The molecule has 0 spiro atoms. The summed E-state index contributed by atoms with van der Waals surface area (Å²) >= 11 is 4.60. The van der Waals surface area contributed by atoms with Crippen LogP contribution in [0, 0.1) is 0 Å². The van der Waals surface area contributed by atoms with Crippen LogP contribution in [0.3, 0.4) is 0 Å². The van der Waals surface area contributed by atoms with Crippen LogP contribution in [-0.2, 0) is 12.6 Å². The second-order valence-corrected chi connectivity index (χ2v) is 5.69. The van der Waals surface area contributed by atoms with Crippen LogP contribution in [0.2, 0.25) is 0 Å². The highest BCUT2D eigenvalue weighted by Crippen LogP contribution is 2.33. The minimum Gasteiger partial charge on any atom is -0.294 e. The van der Waals surface area contributed by atoms with E-state index in [9.17, 15) is 18.0 Å². The van der Waals surface area contributed by atoms with E-state index in [-0.39, 0.29) is 12.0 Å². The molecule has 0 aliphatic rings. The van der Waals surface area contributed by atoms with Crippen molar-refractivity contribution < 1.29 is 18.0 Å². The third kappa shape index (κ3) is 3.25. The van der Waals surface area contributed by atoms with Gasteiger partial charge >= 0.3 is 6.18 Å². The molecule has 0 bridgehead atoms. The van der Waals surface area contributed by atoms with Gasteiger partial charge in [0.15, 0.2) is 5.78 Å². The summed E-state index contributed by atoms with van der Waals surface area (Å²) in [6, 6.07) is 6.62. The van der Waals surface area contributed by atoms with Gasteiger partial charge in [-0.25, -0.2) is 0 Å². The Morgan fingerprint density at radius 1 is 1.21 bits per heavy atom. The second kappa shape index (κ2) is 5.46. The van der Waals surface area contributed by atoms with Crippen LogP contribution in [0.1, 0.15) is 20.8 Å². The molecule has 0 N–H and O–H groups in total. The predicted molar refractivity (Wildman–Crippen MR) is 71.5 cm³/mol. The highest BCUT2D eigenvalue weighted by Gasteiger charge is 2.34. The van der Waals surface area contributed by atoms with Gasteiger partial charge in [-0.2, -0.15) is 13.2 Å².